The van der Waals surface area contributed by atoms with Crippen LogP contribution in [0.15, 0.2) is 298 Å². The number of benzene rings is 8. The molecule has 1 aliphatic heterocycles. The molecule has 115 heavy (non-hydrogen) atoms. The lowest BCUT2D eigenvalue weighted by atomic mass is 9.96. The smallest absolute Gasteiger partial charge is 0.346 e. The largest absolute Gasteiger partial charge is 0.480 e. The van der Waals surface area contributed by atoms with Crippen molar-refractivity contribution in [3.63, 3.8) is 0 Å². The van der Waals surface area contributed by atoms with Gasteiger partial charge in [-0.05, 0) is 190 Å². The molecule has 580 valence electrons. The van der Waals surface area contributed by atoms with Gasteiger partial charge in [-0.1, -0.05) is 134 Å². The van der Waals surface area contributed by atoms with E-state index in [2.05, 4.69) is 53.4 Å². The highest BCUT2D eigenvalue weighted by atomic mass is 32.2. The summed E-state index contributed by atoms with van der Waals surface area (Å²) < 4.78 is 5.72. The SMILES string of the molecule is CN(C)c1ccc(/C=C/C=C(/C#N)C(=O)O)cc1.CN(C)c1ccc(C(=C/C=C/C=C(/C#N)C(=O)O)c2ccc(N(C)C)cc2)cc1.CN(C)c1ccc(C(=C/C=C2/SC(=O)N(CC(=O)O)C2=O)c2ccc(N(C)C)cc2)cc1.N#C/C(=C\c1ccc(-c2cc3ccc(N(c4ccccc4)c4ccccc4)cc3oc2=O)s1)C(=O)O. The minimum Gasteiger partial charge on any atom is -0.480 e. The first-order valence-corrected chi connectivity index (χ1v) is 36.9. The van der Waals surface area contributed by atoms with Gasteiger partial charge in [0.15, 0.2) is 0 Å². The summed E-state index contributed by atoms with van der Waals surface area (Å²) in [4.78, 5) is 95.3. The van der Waals surface area contributed by atoms with E-state index in [9.17, 15) is 33.6 Å². The number of para-hydroxylation sites is 2. The number of carbonyl (C=O) groups is 6. The number of thioether (sulfide) groups is 1. The van der Waals surface area contributed by atoms with Crippen molar-refractivity contribution in [2.24, 2.45) is 0 Å². The molecule has 8 aromatic carbocycles. The van der Waals surface area contributed by atoms with Gasteiger partial charge >= 0.3 is 29.5 Å². The zero-order valence-electron chi connectivity index (χ0n) is 64.6. The lowest BCUT2D eigenvalue weighted by Crippen LogP contribution is -2.33. The first kappa shape index (κ1) is 85.8. The second-order valence-corrected chi connectivity index (χ2v) is 28.3. The number of imide groups is 1. The van der Waals surface area contributed by atoms with E-state index in [-0.39, 0.29) is 21.6 Å². The highest BCUT2D eigenvalue weighted by molar-refractivity contribution is 8.18. The van der Waals surface area contributed by atoms with Crippen LogP contribution in [0.25, 0.3) is 44.7 Å². The highest BCUT2D eigenvalue weighted by Crippen LogP contribution is 2.38. The number of carboxylic acid groups (broad SMARTS) is 4. The van der Waals surface area contributed by atoms with Crippen LogP contribution in [0.5, 0.6) is 0 Å². The fourth-order valence-corrected chi connectivity index (χ4v) is 12.8. The fourth-order valence-electron chi connectivity index (χ4n) is 11.0. The summed E-state index contributed by atoms with van der Waals surface area (Å²) >= 11 is 1.96. The Morgan fingerprint density at radius 2 is 0.843 bits per heavy atom. The number of anilines is 8. The summed E-state index contributed by atoms with van der Waals surface area (Å²) in [6.45, 7) is -0.642. The van der Waals surface area contributed by atoms with E-state index in [0.29, 0.717) is 20.9 Å². The van der Waals surface area contributed by atoms with E-state index in [4.69, 9.17) is 40.6 Å². The lowest BCUT2D eigenvalue weighted by Gasteiger charge is -2.25. The lowest BCUT2D eigenvalue weighted by molar-refractivity contribution is -0.140. The molecule has 10 aromatic rings. The second-order valence-electron chi connectivity index (χ2n) is 26.2. The zero-order valence-corrected chi connectivity index (χ0v) is 66.2. The first-order valence-electron chi connectivity index (χ1n) is 35.3. The molecular weight excluding hydrogens is 1490 g/mol. The topological polar surface area (TPSA) is 308 Å². The molecule has 0 saturated carbocycles. The Hall–Kier alpha value is -14.8. The van der Waals surface area contributed by atoms with Crippen LogP contribution in [-0.4, -0.2) is 137 Å². The molecule has 0 atom stereocenters. The molecule has 2 aromatic heterocycles. The number of rotatable bonds is 24. The molecular formula is C91H82N10O12S2. The molecule has 2 amide bonds. The maximum absolute atomic E-state index is 12.9. The predicted octanol–water partition coefficient (Wildman–Crippen LogP) is 17.5. The highest BCUT2D eigenvalue weighted by Gasteiger charge is 2.36. The molecule has 0 spiro atoms. The van der Waals surface area contributed by atoms with Crippen molar-refractivity contribution < 1.29 is 53.6 Å². The summed E-state index contributed by atoms with van der Waals surface area (Å²) in [6.07, 6.45) is 15.8. The molecule has 0 bridgehead atoms. The van der Waals surface area contributed by atoms with E-state index >= 15 is 0 Å². The third kappa shape index (κ3) is 24.1. The van der Waals surface area contributed by atoms with Crippen molar-refractivity contribution in [2.45, 2.75) is 0 Å². The third-order valence-corrected chi connectivity index (χ3v) is 19.2. The van der Waals surface area contributed by atoms with E-state index < -0.39 is 47.2 Å². The van der Waals surface area contributed by atoms with E-state index in [1.807, 2.05) is 253 Å². The number of aliphatic carboxylic acids is 4. The summed E-state index contributed by atoms with van der Waals surface area (Å²) in [6, 6.07) is 76.0. The Morgan fingerprint density at radius 3 is 1.25 bits per heavy atom. The van der Waals surface area contributed by atoms with Crippen molar-refractivity contribution in [3.8, 4) is 28.6 Å². The van der Waals surface area contributed by atoms with Gasteiger partial charge in [-0.2, -0.15) is 15.8 Å². The Balaban J connectivity index is 0.000000197. The normalized spacial score (nSPS) is 12.1. The molecule has 3 heterocycles. The number of amides is 2. The maximum atomic E-state index is 12.9. The van der Waals surface area contributed by atoms with E-state index in [1.165, 1.54) is 29.6 Å². The quantitative estimate of drug-likeness (QED) is 0.0189. The number of carbonyl (C=O) groups excluding carboxylic acids is 2. The Kier molecular flexibility index (Phi) is 30.8. The van der Waals surface area contributed by atoms with Crippen molar-refractivity contribution in [1.29, 1.82) is 15.8 Å². The van der Waals surface area contributed by atoms with Crippen molar-refractivity contribution >= 4 is 138 Å². The number of hydrogen-bond acceptors (Lipinski definition) is 19. The number of nitrogens with zero attached hydrogens (tertiary/aromatic N) is 10. The summed E-state index contributed by atoms with van der Waals surface area (Å²) in [5.74, 6) is -5.57. The average Bonchev–Trinajstić information content (AvgIpc) is 1.67. The molecule has 11 rings (SSSR count). The van der Waals surface area contributed by atoms with Crippen LogP contribution in [-0.2, 0) is 24.0 Å². The Morgan fingerprint density at radius 1 is 0.443 bits per heavy atom. The number of thiophene rings is 1. The molecule has 1 fully saturated rings. The number of hydrogen-bond donors (Lipinski definition) is 4. The van der Waals surface area contributed by atoms with Gasteiger partial charge in [0.2, 0.25) is 0 Å². The van der Waals surface area contributed by atoms with Crippen LogP contribution >= 0.6 is 23.1 Å². The number of nitriles is 3. The van der Waals surface area contributed by atoms with Gasteiger partial charge in [-0.25, -0.2) is 19.2 Å². The molecule has 24 heteroatoms. The molecule has 0 aliphatic carbocycles. The number of allylic oxidation sites excluding steroid dienone is 8. The Bertz CT molecular complexity index is 5480. The van der Waals surface area contributed by atoms with Gasteiger partial charge in [0.25, 0.3) is 11.1 Å². The first-order chi connectivity index (χ1) is 55.1. The summed E-state index contributed by atoms with van der Waals surface area (Å²) in [5.41, 5.74) is 14.4. The van der Waals surface area contributed by atoms with E-state index in [0.717, 1.165) is 107 Å². The van der Waals surface area contributed by atoms with Gasteiger partial charge in [-0.3, -0.25) is 19.3 Å². The van der Waals surface area contributed by atoms with Crippen LogP contribution in [0.2, 0.25) is 0 Å². The molecule has 22 nitrogen and oxygen atoms in total. The average molecular weight is 1570 g/mol. The molecule has 0 unspecified atom stereocenters. The summed E-state index contributed by atoms with van der Waals surface area (Å²) in [7, 11) is 19.8. The molecule has 1 saturated heterocycles. The maximum Gasteiger partial charge on any atom is 0.346 e. The third-order valence-electron chi connectivity index (χ3n) is 17.2. The molecule has 1 aliphatic rings. The standard InChI is InChI=1S/C29H18N2O4S.C24H25N3O4S.C24H25N3O2.C14H14N2O2/c30-18-20(28(32)33)15-24-13-14-27(36-24)25-16-19-11-12-23(17-26(19)35-29(25)34)31(21-7-3-1-4-8-21)22-9-5-2-6-10-22;1-25(2)18-9-5-16(6-10-18)20(17-7-11-19(12-8-17)26(3)4)13-14-21-23(30)27(15-22(28)29)24(31)32-21;1-26(2)21-13-9-18(10-14-21)23(8-6-5-7-20(17-25)24(28)29)19-11-15-22(16-12-19)27(3)4;1-16(2)13-8-6-11(7-9-13)4-3-5-12(10-15)14(17)18/h1-17H,(H,32,33);5-14H,15H2,1-4H3,(H,28,29);5-16H,1-4H3,(H,28,29);3-9H,1-2H3,(H,17,18)/b20-15+;21-14+;6-5+,20-7-;4-3+,12-5-. The van der Waals surface area contributed by atoms with Crippen molar-refractivity contribution in [3.05, 3.63) is 332 Å². The van der Waals surface area contributed by atoms with Crippen LogP contribution < -0.4 is 35.0 Å². The van der Waals surface area contributed by atoms with Gasteiger partial charge in [0.05, 0.1) is 10.5 Å². The van der Waals surface area contributed by atoms with Crippen LogP contribution in [0.4, 0.5) is 50.3 Å². The van der Waals surface area contributed by atoms with Crippen LogP contribution in [0, 0.1) is 34.0 Å². The monoisotopic (exact) mass is 1570 g/mol. The Labute approximate surface area is 675 Å². The second kappa shape index (κ2) is 41.3. The van der Waals surface area contributed by atoms with Crippen molar-refractivity contribution in [2.75, 3.05) is 106 Å². The van der Waals surface area contributed by atoms with Gasteiger partial charge in [-0.15, -0.1) is 11.3 Å². The minimum atomic E-state index is -1.30. The van der Waals surface area contributed by atoms with Gasteiger partial charge < -0.3 is 54.2 Å². The fraction of sp³-hybridized carbons (Fsp3) is 0.121. The number of carboxylic acids is 4. The number of fused-ring (bicyclic) bond motifs is 1. The van der Waals surface area contributed by atoms with E-state index in [1.54, 1.807) is 72.9 Å². The predicted molar refractivity (Wildman–Crippen MR) is 461 cm³/mol. The van der Waals surface area contributed by atoms with Gasteiger partial charge in [0.1, 0.15) is 47.1 Å². The summed E-state index contributed by atoms with van der Waals surface area (Å²) in [5, 5.41) is 62.1. The molecule has 0 radical (unpaired) electrons. The van der Waals surface area contributed by atoms with Crippen LogP contribution in [0.3, 0.4) is 0 Å². The van der Waals surface area contributed by atoms with Gasteiger partial charge in [0, 0.05) is 137 Å². The van der Waals surface area contributed by atoms with Crippen molar-refractivity contribution in [1.82, 2.24) is 4.90 Å². The van der Waals surface area contributed by atoms with Crippen LogP contribution in [0.1, 0.15) is 32.7 Å². The minimum absolute atomic E-state index is 0.198. The molecule has 4 N–H and O–H groups in total. The zero-order chi connectivity index (χ0) is 83.4.